The van der Waals surface area contributed by atoms with Gasteiger partial charge in [-0.25, -0.2) is 9.97 Å². The third kappa shape index (κ3) is 2.54. The van der Waals surface area contributed by atoms with Gasteiger partial charge >= 0.3 is 0 Å². The zero-order chi connectivity index (χ0) is 11.4. The van der Waals surface area contributed by atoms with Crippen LogP contribution in [0.3, 0.4) is 0 Å². The highest BCUT2D eigenvalue weighted by Gasteiger charge is 2.14. The molecule has 1 aliphatic rings. The number of allylic oxidation sites excluding steroid dienone is 2. The largest absolute Gasteiger partial charge is 0.287 e. The van der Waals surface area contributed by atoms with Crippen LogP contribution in [0.15, 0.2) is 23.9 Å². The average Bonchev–Trinajstić information content (AvgIpc) is 2.56. The number of carbonyl (C=O) groups is 1. The summed E-state index contributed by atoms with van der Waals surface area (Å²) in [5, 5.41) is 0. The number of hydrogen-bond acceptors (Lipinski definition) is 3. The van der Waals surface area contributed by atoms with Crippen LogP contribution in [-0.4, -0.2) is 15.8 Å². The lowest BCUT2D eigenvalue weighted by molar-refractivity contribution is 0.102. The van der Waals surface area contributed by atoms with Crippen molar-refractivity contribution < 1.29 is 4.79 Å². The third-order valence-corrected chi connectivity index (χ3v) is 2.84. The fraction of sp³-hybridized carbons (Fsp3) is 0.462. The van der Waals surface area contributed by atoms with E-state index in [-0.39, 0.29) is 5.78 Å². The standard InChI is InChI=1S/C13H16N2O/c1-10-14-9-8-12(15-10)13(16)11-6-4-2-3-5-7-11/h6,8-9H,2-5,7H2,1H3. The molecule has 0 amide bonds. The Morgan fingerprint density at radius 3 is 3.00 bits per heavy atom. The van der Waals surface area contributed by atoms with E-state index in [2.05, 4.69) is 16.0 Å². The molecule has 2 rings (SSSR count). The third-order valence-electron chi connectivity index (χ3n) is 2.84. The summed E-state index contributed by atoms with van der Waals surface area (Å²) >= 11 is 0. The van der Waals surface area contributed by atoms with E-state index < -0.39 is 0 Å². The van der Waals surface area contributed by atoms with Gasteiger partial charge in [-0.05, 0) is 44.2 Å². The second-order valence-corrected chi connectivity index (χ2v) is 4.15. The Labute approximate surface area is 95.6 Å². The van der Waals surface area contributed by atoms with Crippen LogP contribution < -0.4 is 0 Å². The van der Waals surface area contributed by atoms with Gasteiger partial charge in [-0.1, -0.05) is 12.5 Å². The van der Waals surface area contributed by atoms with Crippen molar-refractivity contribution in [1.29, 1.82) is 0 Å². The molecule has 0 bridgehead atoms. The maximum absolute atomic E-state index is 12.1. The number of nitrogens with zero attached hydrogens (tertiary/aromatic N) is 2. The normalized spacial score (nSPS) is 16.4. The van der Waals surface area contributed by atoms with E-state index in [1.165, 1.54) is 12.8 Å². The van der Waals surface area contributed by atoms with Gasteiger partial charge in [-0.3, -0.25) is 4.79 Å². The van der Waals surface area contributed by atoms with E-state index in [9.17, 15) is 4.79 Å². The van der Waals surface area contributed by atoms with Gasteiger partial charge in [0.05, 0.1) is 0 Å². The summed E-state index contributed by atoms with van der Waals surface area (Å²) in [6, 6.07) is 1.70. The van der Waals surface area contributed by atoms with Crippen molar-refractivity contribution in [2.45, 2.75) is 39.0 Å². The minimum absolute atomic E-state index is 0.0763. The van der Waals surface area contributed by atoms with Gasteiger partial charge in [0.2, 0.25) is 5.78 Å². The predicted molar refractivity (Wildman–Crippen MR) is 62.3 cm³/mol. The first-order chi connectivity index (χ1) is 7.77. The number of aryl methyl sites for hydroxylation is 1. The van der Waals surface area contributed by atoms with Crippen LogP contribution >= 0.6 is 0 Å². The lowest BCUT2D eigenvalue weighted by Crippen LogP contribution is -2.07. The second-order valence-electron chi connectivity index (χ2n) is 4.15. The maximum Gasteiger partial charge on any atom is 0.207 e. The minimum atomic E-state index is 0.0763. The molecule has 3 heteroatoms. The van der Waals surface area contributed by atoms with Crippen LogP contribution in [0.5, 0.6) is 0 Å². The van der Waals surface area contributed by atoms with Gasteiger partial charge in [0.1, 0.15) is 11.5 Å². The summed E-state index contributed by atoms with van der Waals surface area (Å²) < 4.78 is 0. The second kappa shape index (κ2) is 5.01. The van der Waals surface area contributed by atoms with Crippen LogP contribution in [0.1, 0.15) is 48.4 Å². The van der Waals surface area contributed by atoms with E-state index in [4.69, 9.17) is 0 Å². The molecule has 16 heavy (non-hydrogen) atoms. The molecular weight excluding hydrogens is 200 g/mol. The lowest BCUT2D eigenvalue weighted by atomic mass is 10.0. The molecule has 0 unspecified atom stereocenters. The zero-order valence-electron chi connectivity index (χ0n) is 9.57. The number of rotatable bonds is 2. The molecule has 0 aromatic carbocycles. The smallest absolute Gasteiger partial charge is 0.207 e. The van der Waals surface area contributed by atoms with Crippen LogP contribution in [0.4, 0.5) is 0 Å². The van der Waals surface area contributed by atoms with Crippen LogP contribution in [0, 0.1) is 6.92 Å². The molecule has 0 saturated heterocycles. The zero-order valence-corrected chi connectivity index (χ0v) is 9.57. The SMILES string of the molecule is Cc1nccc(C(=O)C2=CCCCCC2)n1. The van der Waals surface area contributed by atoms with Crippen molar-refractivity contribution in [1.82, 2.24) is 9.97 Å². The number of hydrogen-bond donors (Lipinski definition) is 0. The molecular formula is C13H16N2O. The van der Waals surface area contributed by atoms with Crippen LogP contribution in [-0.2, 0) is 0 Å². The Hall–Kier alpha value is -1.51. The molecule has 0 atom stereocenters. The highest BCUT2D eigenvalue weighted by Crippen LogP contribution is 2.20. The summed E-state index contributed by atoms with van der Waals surface area (Å²) in [5.74, 6) is 0.729. The molecule has 1 aromatic heterocycles. The fourth-order valence-electron chi connectivity index (χ4n) is 1.97. The molecule has 0 fully saturated rings. The Bertz CT molecular complexity index is 424. The molecule has 1 aliphatic carbocycles. The predicted octanol–water partition coefficient (Wildman–Crippen LogP) is 2.86. The topological polar surface area (TPSA) is 42.9 Å². The summed E-state index contributed by atoms with van der Waals surface area (Å²) in [7, 11) is 0. The van der Waals surface area contributed by atoms with Crippen molar-refractivity contribution in [2.75, 3.05) is 0 Å². The molecule has 3 nitrogen and oxygen atoms in total. The average molecular weight is 216 g/mol. The first kappa shape index (κ1) is 11.0. The molecule has 1 heterocycles. The van der Waals surface area contributed by atoms with E-state index in [1.807, 2.05) is 0 Å². The maximum atomic E-state index is 12.1. The summed E-state index contributed by atoms with van der Waals surface area (Å²) in [5.41, 5.74) is 1.45. The van der Waals surface area contributed by atoms with Crippen LogP contribution in [0.25, 0.3) is 0 Å². The minimum Gasteiger partial charge on any atom is -0.287 e. The van der Waals surface area contributed by atoms with Crippen molar-refractivity contribution in [3.05, 3.63) is 35.4 Å². The number of ketones is 1. The first-order valence-electron chi connectivity index (χ1n) is 5.81. The van der Waals surface area contributed by atoms with Gasteiger partial charge < -0.3 is 0 Å². The molecule has 0 radical (unpaired) electrons. The van der Waals surface area contributed by atoms with Crippen molar-refractivity contribution in [3.8, 4) is 0 Å². The Balaban J connectivity index is 2.21. The summed E-state index contributed by atoms with van der Waals surface area (Å²) in [6.07, 6.45) is 9.16. The van der Waals surface area contributed by atoms with E-state index in [0.29, 0.717) is 11.5 Å². The van der Waals surface area contributed by atoms with Gasteiger partial charge in [-0.15, -0.1) is 0 Å². The van der Waals surface area contributed by atoms with E-state index in [0.717, 1.165) is 24.8 Å². The van der Waals surface area contributed by atoms with Gasteiger partial charge in [0, 0.05) is 6.20 Å². The van der Waals surface area contributed by atoms with E-state index in [1.54, 1.807) is 19.2 Å². The van der Waals surface area contributed by atoms with Gasteiger partial charge in [0.25, 0.3) is 0 Å². The molecule has 0 spiro atoms. The van der Waals surface area contributed by atoms with Gasteiger partial charge in [0.15, 0.2) is 0 Å². The number of carbonyl (C=O) groups excluding carboxylic acids is 1. The quantitative estimate of drug-likeness (QED) is 0.714. The number of aromatic nitrogens is 2. The molecule has 0 N–H and O–H groups in total. The summed E-state index contributed by atoms with van der Waals surface area (Å²) in [4.78, 5) is 20.3. The molecule has 0 aliphatic heterocycles. The molecule has 84 valence electrons. The Morgan fingerprint density at radius 1 is 1.31 bits per heavy atom. The molecule has 0 saturated carbocycles. The van der Waals surface area contributed by atoms with E-state index >= 15 is 0 Å². The number of Topliss-reactive ketones (excluding diaryl/α,β-unsaturated/α-hetero) is 1. The summed E-state index contributed by atoms with van der Waals surface area (Å²) in [6.45, 7) is 1.80. The first-order valence-corrected chi connectivity index (χ1v) is 5.81. The fourth-order valence-corrected chi connectivity index (χ4v) is 1.97. The van der Waals surface area contributed by atoms with Crippen LogP contribution in [0.2, 0.25) is 0 Å². The highest BCUT2D eigenvalue weighted by molar-refractivity contribution is 6.07. The lowest BCUT2D eigenvalue weighted by Gasteiger charge is -2.03. The highest BCUT2D eigenvalue weighted by atomic mass is 16.1. The van der Waals surface area contributed by atoms with Crippen molar-refractivity contribution in [2.24, 2.45) is 0 Å². The molecule has 1 aromatic rings. The Kier molecular flexibility index (Phi) is 3.44. The van der Waals surface area contributed by atoms with Crippen molar-refractivity contribution >= 4 is 5.78 Å². The van der Waals surface area contributed by atoms with Gasteiger partial charge in [-0.2, -0.15) is 0 Å². The monoisotopic (exact) mass is 216 g/mol. The Morgan fingerprint density at radius 2 is 2.19 bits per heavy atom. The van der Waals surface area contributed by atoms with Crippen molar-refractivity contribution in [3.63, 3.8) is 0 Å².